The van der Waals surface area contributed by atoms with Crippen molar-refractivity contribution in [1.29, 1.82) is 0 Å². The van der Waals surface area contributed by atoms with Gasteiger partial charge >= 0.3 is 5.91 Å². The molecule has 1 fully saturated rings. The van der Waals surface area contributed by atoms with Crippen molar-refractivity contribution in [1.82, 2.24) is 10.2 Å². The maximum atomic E-state index is 13.0. The van der Waals surface area contributed by atoms with Crippen LogP contribution in [0.2, 0.25) is 0 Å². The zero-order valence-electron chi connectivity index (χ0n) is 16.5. The van der Waals surface area contributed by atoms with E-state index < -0.39 is 22.7 Å². The van der Waals surface area contributed by atoms with Gasteiger partial charge in [-0.3, -0.25) is 24.6 Å². The maximum Gasteiger partial charge on any atom is 0.301 e. The van der Waals surface area contributed by atoms with Gasteiger partial charge < -0.3 is 5.11 Å². The fourth-order valence-electron chi connectivity index (χ4n) is 3.37. The quantitative estimate of drug-likeness (QED) is 0.217. The Morgan fingerprint density at radius 3 is 2.26 bits per heavy atom. The lowest BCUT2D eigenvalue weighted by Gasteiger charge is -2.22. The Kier molecular flexibility index (Phi) is 5.07. The first-order valence-electron chi connectivity index (χ1n) is 9.20. The molecule has 0 unspecified atom stereocenters. The van der Waals surface area contributed by atoms with E-state index in [0.717, 1.165) is 16.9 Å². The molecule has 1 aliphatic heterocycles. The van der Waals surface area contributed by atoms with E-state index in [4.69, 9.17) is 0 Å². The topological polar surface area (TPSA) is 127 Å². The maximum absolute atomic E-state index is 13.0. The number of carbonyl (C=O) groups excluding carboxylic acids is 2. The standard InChI is InChI=1S/C21H16N4O5S/c1-11-3-5-14(6-4-11)18(26)16-17(13-7-9-15(10-8-13)25(29)30)24(20(28)19(16)27)21-23-22-12(2)31-21/h3-10,17,26H,1-2H3/t17-/m1/s1. The fourth-order valence-corrected chi connectivity index (χ4v) is 4.09. The molecule has 0 radical (unpaired) electrons. The summed E-state index contributed by atoms with van der Waals surface area (Å²) in [6.45, 7) is 3.60. The summed E-state index contributed by atoms with van der Waals surface area (Å²) in [6, 6.07) is 11.3. The predicted molar refractivity (Wildman–Crippen MR) is 114 cm³/mol. The van der Waals surface area contributed by atoms with Crippen molar-refractivity contribution in [2.45, 2.75) is 19.9 Å². The summed E-state index contributed by atoms with van der Waals surface area (Å²) in [5.74, 6) is -2.05. The van der Waals surface area contributed by atoms with Crippen molar-refractivity contribution in [3.8, 4) is 0 Å². The number of anilines is 1. The van der Waals surface area contributed by atoms with Crippen LogP contribution >= 0.6 is 11.3 Å². The second-order valence-corrected chi connectivity index (χ2v) is 8.15. The lowest BCUT2D eigenvalue weighted by Crippen LogP contribution is -2.29. The molecule has 2 aromatic carbocycles. The molecule has 1 atom stereocenters. The molecule has 0 bridgehead atoms. The minimum atomic E-state index is -1.01. The van der Waals surface area contributed by atoms with Gasteiger partial charge in [-0.2, -0.15) is 0 Å². The Morgan fingerprint density at radius 1 is 1.06 bits per heavy atom. The van der Waals surface area contributed by atoms with Crippen LogP contribution in [0.25, 0.3) is 5.76 Å². The van der Waals surface area contributed by atoms with Crippen LogP contribution < -0.4 is 4.90 Å². The van der Waals surface area contributed by atoms with Crippen LogP contribution in [-0.4, -0.2) is 31.9 Å². The third kappa shape index (κ3) is 3.57. The highest BCUT2D eigenvalue weighted by atomic mass is 32.1. The number of hydrogen-bond donors (Lipinski definition) is 1. The third-order valence-electron chi connectivity index (χ3n) is 4.91. The summed E-state index contributed by atoms with van der Waals surface area (Å²) >= 11 is 1.13. The van der Waals surface area contributed by atoms with Gasteiger partial charge in [0.05, 0.1) is 16.5 Å². The first-order chi connectivity index (χ1) is 14.8. The zero-order chi connectivity index (χ0) is 22.3. The SMILES string of the molecule is Cc1ccc(C(O)=C2C(=O)C(=O)N(c3nnc(C)s3)[C@@H]2c2ccc([N+](=O)[O-])cc2)cc1. The Bertz CT molecular complexity index is 1230. The lowest BCUT2D eigenvalue weighted by molar-refractivity contribution is -0.384. The number of hydrogen-bond acceptors (Lipinski definition) is 8. The van der Waals surface area contributed by atoms with Gasteiger partial charge in [0, 0.05) is 17.7 Å². The van der Waals surface area contributed by atoms with Gasteiger partial charge in [0.15, 0.2) is 0 Å². The van der Waals surface area contributed by atoms with Crippen LogP contribution in [0.3, 0.4) is 0 Å². The fraction of sp³-hybridized carbons (Fsp3) is 0.143. The number of rotatable bonds is 4. The average Bonchev–Trinajstić information content (AvgIpc) is 3.29. The first kappa shape index (κ1) is 20.4. The molecular weight excluding hydrogens is 420 g/mol. The molecule has 3 aromatic rings. The molecular formula is C21H16N4O5S. The number of aromatic nitrogens is 2. The summed E-state index contributed by atoms with van der Waals surface area (Å²) in [5.41, 5.74) is 1.52. The van der Waals surface area contributed by atoms with Gasteiger partial charge in [0.2, 0.25) is 5.13 Å². The van der Waals surface area contributed by atoms with E-state index in [2.05, 4.69) is 10.2 Å². The van der Waals surface area contributed by atoms with Crippen LogP contribution in [-0.2, 0) is 9.59 Å². The summed E-state index contributed by atoms with van der Waals surface area (Å²) in [4.78, 5) is 37.6. The number of Topliss-reactive ketones (excluding diaryl/α,β-unsaturated/α-hetero) is 1. The van der Waals surface area contributed by atoms with E-state index in [1.807, 2.05) is 6.92 Å². The molecule has 2 heterocycles. The van der Waals surface area contributed by atoms with E-state index in [-0.39, 0.29) is 22.2 Å². The highest BCUT2D eigenvalue weighted by molar-refractivity contribution is 7.15. The molecule has 1 saturated heterocycles. The van der Waals surface area contributed by atoms with Crippen LogP contribution in [0.1, 0.15) is 27.7 Å². The molecule has 1 aromatic heterocycles. The van der Waals surface area contributed by atoms with E-state index in [0.29, 0.717) is 16.1 Å². The van der Waals surface area contributed by atoms with Crippen molar-refractivity contribution in [3.63, 3.8) is 0 Å². The molecule has 9 nitrogen and oxygen atoms in total. The van der Waals surface area contributed by atoms with E-state index >= 15 is 0 Å². The largest absolute Gasteiger partial charge is 0.507 e. The van der Waals surface area contributed by atoms with Crippen molar-refractivity contribution in [3.05, 3.63) is 85.9 Å². The van der Waals surface area contributed by atoms with E-state index in [9.17, 15) is 24.8 Å². The summed E-state index contributed by atoms with van der Waals surface area (Å²) in [5, 5.41) is 30.7. The Balaban J connectivity index is 1.92. The number of carbonyl (C=O) groups is 2. The van der Waals surface area contributed by atoms with Crippen molar-refractivity contribution >= 4 is 39.6 Å². The molecule has 0 spiro atoms. The van der Waals surface area contributed by atoms with Crippen LogP contribution in [0.4, 0.5) is 10.8 Å². The minimum Gasteiger partial charge on any atom is -0.507 e. The monoisotopic (exact) mass is 436 g/mol. The zero-order valence-corrected chi connectivity index (χ0v) is 17.3. The summed E-state index contributed by atoms with van der Waals surface area (Å²) in [7, 11) is 0. The molecule has 10 heteroatoms. The normalized spacial score (nSPS) is 17.9. The Hall–Kier alpha value is -3.92. The van der Waals surface area contributed by atoms with Crippen molar-refractivity contribution in [2.24, 2.45) is 0 Å². The first-order valence-corrected chi connectivity index (χ1v) is 10.0. The Labute approximate surface area is 180 Å². The summed E-state index contributed by atoms with van der Waals surface area (Å²) in [6.07, 6.45) is 0. The number of aryl methyl sites for hydroxylation is 2. The highest BCUT2D eigenvalue weighted by Gasteiger charge is 2.48. The van der Waals surface area contributed by atoms with Gasteiger partial charge in [0.1, 0.15) is 10.8 Å². The molecule has 31 heavy (non-hydrogen) atoms. The second kappa shape index (κ2) is 7.73. The van der Waals surface area contributed by atoms with Gasteiger partial charge in [-0.15, -0.1) is 10.2 Å². The van der Waals surface area contributed by atoms with Crippen LogP contribution in [0.15, 0.2) is 54.1 Å². The van der Waals surface area contributed by atoms with Gasteiger partial charge in [-0.25, -0.2) is 0 Å². The number of nitrogens with zero attached hydrogens (tertiary/aromatic N) is 4. The third-order valence-corrected chi connectivity index (χ3v) is 5.75. The van der Waals surface area contributed by atoms with Crippen molar-refractivity contribution in [2.75, 3.05) is 4.90 Å². The predicted octanol–water partition coefficient (Wildman–Crippen LogP) is 3.69. The summed E-state index contributed by atoms with van der Waals surface area (Å²) < 4.78 is 0. The van der Waals surface area contributed by atoms with Gasteiger partial charge in [-0.05, 0) is 31.5 Å². The van der Waals surface area contributed by atoms with E-state index in [1.165, 1.54) is 29.2 Å². The van der Waals surface area contributed by atoms with Crippen LogP contribution in [0, 0.1) is 24.0 Å². The van der Waals surface area contributed by atoms with Crippen LogP contribution in [0.5, 0.6) is 0 Å². The molecule has 0 aliphatic carbocycles. The number of amides is 1. The smallest absolute Gasteiger partial charge is 0.301 e. The number of aliphatic hydroxyl groups excluding tert-OH is 1. The minimum absolute atomic E-state index is 0.115. The molecule has 1 aliphatic rings. The number of nitro benzene ring substituents is 1. The molecule has 1 amide bonds. The molecule has 156 valence electrons. The number of benzene rings is 2. The molecule has 1 N–H and O–H groups in total. The molecule has 0 saturated carbocycles. The van der Waals surface area contributed by atoms with Gasteiger partial charge in [0.25, 0.3) is 11.5 Å². The molecule has 4 rings (SSSR count). The van der Waals surface area contributed by atoms with Crippen molar-refractivity contribution < 1.29 is 19.6 Å². The lowest BCUT2D eigenvalue weighted by atomic mass is 9.95. The van der Waals surface area contributed by atoms with E-state index in [1.54, 1.807) is 31.2 Å². The number of ketones is 1. The second-order valence-electron chi connectivity index (χ2n) is 6.99. The average molecular weight is 436 g/mol. The Morgan fingerprint density at radius 2 is 1.71 bits per heavy atom. The van der Waals surface area contributed by atoms with Gasteiger partial charge in [-0.1, -0.05) is 41.2 Å². The highest BCUT2D eigenvalue weighted by Crippen LogP contribution is 2.43. The number of nitro groups is 1. The number of non-ortho nitro benzene ring substituents is 1. The number of aliphatic hydroxyl groups is 1.